The predicted molar refractivity (Wildman–Crippen MR) is 84.5 cm³/mol. The van der Waals surface area contributed by atoms with Crippen LogP contribution in [0.4, 0.5) is 0 Å². The zero-order valence-corrected chi connectivity index (χ0v) is 14.4. The van der Waals surface area contributed by atoms with E-state index in [2.05, 4.69) is 41.5 Å². The van der Waals surface area contributed by atoms with Crippen molar-refractivity contribution in [3.8, 4) is 0 Å². The highest BCUT2D eigenvalue weighted by atomic mass is 16.3. The van der Waals surface area contributed by atoms with E-state index in [0.717, 1.165) is 19.3 Å². The van der Waals surface area contributed by atoms with Crippen molar-refractivity contribution in [2.45, 2.75) is 85.7 Å². The Balaban J connectivity index is 2.12. The maximum absolute atomic E-state index is 11.3. The van der Waals surface area contributed by atoms with E-state index in [1.165, 1.54) is 19.3 Å². The summed E-state index contributed by atoms with van der Waals surface area (Å²) in [5.74, 6) is 2.10. The minimum absolute atomic E-state index is 0.367. The van der Waals surface area contributed by atoms with E-state index < -0.39 is 0 Å². The average Bonchev–Trinajstić information content (AvgIpc) is 2.24. The molecule has 4 rings (SSSR count). The molecule has 4 bridgehead atoms. The third kappa shape index (κ3) is 1.77. The Morgan fingerprint density at radius 1 is 0.550 bits per heavy atom. The summed E-state index contributed by atoms with van der Waals surface area (Å²) < 4.78 is 0. The lowest BCUT2D eigenvalue weighted by Crippen LogP contribution is -2.67. The Morgan fingerprint density at radius 3 is 1.00 bits per heavy atom. The molecule has 4 aliphatic carbocycles. The lowest BCUT2D eigenvalue weighted by atomic mass is 9.33. The van der Waals surface area contributed by atoms with E-state index in [1.54, 1.807) is 0 Å². The molecular formula is C19H34O. The number of rotatable bonds is 3. The van der Waals surface area contributed by atoms with Gasteiger partial charge in [0.05, 0.1) is 5.60 Å². The highest BCUT2D eigenvalue weighted by Gasteiger charge is 2.69. The minimum Gasteiger partial charge on any atom is -0.390 e. The van der Waals surface area contributed by atoms with Gasteiger partial charge in [0.1, 0.15) is 0 Å². The second-order valence-corrected chi connectivity index (χ2v) is 9.84. The maximum Gasteiger partial charge on any atom is 0.0664 e. The third-order valence-corrected chi connectivity index (χ3v) is 7.83. The van der Waals surface area contributed by atoms with E-state index >= 15 is 0 Å². The normalized spacial score (nSPS) is 50.7. The van der Waals surface area contributed by atoms with Gasteiger partial charge < -0.3 is 5.11 Å². The van der Waals surface area contributed by atoms with Crippen molar-refractivity contribution in [1.82, 2.24) is 0 Å². The van der Waals surface area contributed by atoms with Gasteiger partial charge >= 0.3 is 0 Å². The van der Waals surface area contributed by atoms with Crippen molar-refractivity contribution in [1.29, 1.82) is 0 Å². The molecule has 0 saturated heterocycles. The Bertz CT molecular complexity index is 338. The van der Waals surface area contributed by atoms with Gasteiger partial charge in [-0.15, -0.1) is 0 Å². The highest BCUT2D eigenvalue weighted by Crippen LogP contribution is 2.75. The fourth-order valence-corrected chi connectivity index (χ4v) is 6.66. The van der Waals surface area contributed by atoms with Crippen LogP contribution in [0.5, 0.6) is 0 Å². The van der Waals surface area contributed by atoms with Gasteiger partial charge in [-0.3, -0.25) is 0 Å². The monoisotopic (exact) mass is 278 g/mol. The zero-order chi connectivity index (χ0) is 15.0. The molecule has 0 amide bonds. The van der Waals surface area contributed by atoms with Crippen LogP contribution in [-0.4, -0.2) is 10.7 Å². The fraction of sp³-hybridized carbons (Fsp3) is 1.00. The van der Waals surface area contributed by atoms with E-state index in [-0.39, 0.29) is 5.60 Å². The van der Waals surface area contributed by atoms with Gasteiger partial charge in [-0.05, 0) is 72.5 Å². The van der Waals surface area contributed by atoms with Crippen molar-refractivity contribution in [2.75, 3.05) is 0 Å². The van der Waals surface area contributed by atoms with Crippen LogP contribution in [0.1, 0.15) is 80.1 Å². The van der Waals surface area contributed by atoms with Crippen molar-refractivity contribution < 1.29 is 5.11 Å². The molecule has 0 radical (unpaired) electrons. The third-order valence-electron chi connectivity index (χ3n) is 7.83. The zero-order valence-electron chi connectivity index (χ0n) is 14.4. The topological polar surface area (TPSA) is 20.2 Å². The predicted octanol–water partition coefficient (Wildman–Crippen LogP) is 5.03. The molecule has 0 aromatic carbocycles. The molecule has 0 spiro atoms. The lowest BCUT2D eigenvalue weighted by Gasteiger charge is -2.72. The first kappa shape index (κ1) is 14.9. The van der Waals surface area contributed by atoms with Crippen molar-refractivity contribution in [2.24, 2.45) is 34.0 Å². The summed E-state index contributed by atoms with van der Waals surface area (Å²) in [5, 5.41) is 11.3. The number of hydrogen-bond donors (Lipinski definition) is 1. The molecule has 1 nitrogen and oxygen atoms in total. The summed E-state index contributed by atoms with van der Waals surface area (Å²) in [7, 11) is 0. The van der Waals surface area contributed by atoms with Gasteiger partial charge in [-0.2, -0.15) is 0 Å². The molecule has 0 atom stereocenters. The molecule has 1 N–H and O–H groups in total. The van der Waals surface area contributed by atoms with Gasteiger partial charge in [0.15, 0.2) is 0 Å². The summed E-state index contributed by atoms with van der Waals surface area (Å²) in [6.45, 7) is 14.4. The standard InChI is InChI=1S/C19H34O/c1-13(2)16-7-17(14(3)4)9-18(8-16,15(5)6)12-19(20,10-16)11-17/h13-15,20H,7-12H2,1-6H3. The number of aliphatic hydroxyl groups is 1. The molecule has 0 heterocycles. The van der Waals surface area contributed by atoms with Crippen LogP contribution in [0.15, 0.2) is 0 Å². The minimum atomic E-state index is -0.367. The summed E-state index contributed by atoms with van der Waals surface area (Å²) >= 11 is 0. The van der Waals surface area contributed by atoms with E-state index in [1.807, 2.05) is 0 Å². The highest BCUT2D eigenvalue weighted by molar-refractivity contribution is 5.19. The Morgan fingerprint density at radius 2 is 0.800 bits per heavy atom. The maximum atomic E-state index is 11.3. The van der Waals surface area contributed by atoms with Gasteiger partial charge in [0.25, 0.3) is 0 Å². The van der Waals surface area contributed by atoms with Crippen LogP contribution in [0.3, 0.4) is 0 Å². The van der Waals surface area contributed by atoms with Gasteiger partial charge in [0, 0.05) is 0 Å². The Hall–Kier alpha value is -0.0400. The molecular weight excluding hydrogens is 244 g/mol. The van der Waals surface area contributed by atoms with E-state index in [9.17, 15) is 5.11 Å². The summed E-state index contributed by atoms with van der Waals surface area (Å²) in [6.07, 6.45) is 7.31. The molecule has 4 aliphatic rings. The Kier molecular flexibility index (Phi) is 3.00. The van der Waals surface area contributed by atoms with Gasteiger partial charge in [0.2, 0.25) is 0 Å². The van der Waals surface area contributed by atoms with Gasteiger partial charge in [-0.1, -0.05) is 41.5 Å². The first-order valence-electron chi connectivity index (χ1n) is 8.80. The molecule has 0 unspecified atom stereocenters. The smallest absolute Gasteiger partial charge is 0.0664 e. The fourth-order valence-electron chi connectivity index (χ4n) is 6.66. The second-order valence-electron chi connectivity index (χ2n) is 9.84. The first-order valence-corrected chi connectivity index (χ1v) is 8.80. The van der Waals surface area contributed by atoms with Crippen LogP contribution < -0.4 is 0 Å². The molecule has 4 fully saturated rings. The first-order chi connectivity index (χ1) is 9.07. The van der Waals surface area contributed by atoms with Crippen LogP contribution in [-0.2, 0) is 0 Å². The molecule has 4 saturated carbocycles. The lowest BCUT2D eigenvalue weighted by molar-refractivity contribution is -0.266. The molecule has 1 heteroatoms. The van der Waals surface area contributed by atoms with Crippen molar-refractivity contribution in [3.63, 3.8) is 0 Å². The molecule has 0 aromatic rings. The van der Waals surface area contributed by atoms with Crippen molar-refractivity contribution >= 4 is 0 Å². The largest absolute Gasteiger partial charge is 0.390 e. The van der Waals surface area contributed by atoms with Crippen molar-refractivity contribution in [3.05, 3.63) is 0 Å². The summed E-state index contributed by atoms with van der Waals surface area (Å²) in [4.78, 5) is 0. The van der Waals surface area contributed by atoms with E-state index in [4.69, 9.17) is 0 Å². The molecule has 116 valence electrons. The molecule has 0 aliphatic heterocycles. The summed E-state index contributed by atoms with van der Waals surface area (Å²) in [6, 6.07) is 0. The van der Waals surface area contributed by atoms with Crippen LogP contribution in [0, 0.1) is 34.0 Å². The van der Waals surface area contributed by atoms with E-state index in [0.29, 0.717) is 34.0 Å². The average molecular weight is 278 g/mol. The van der Waals surface area contributed by atoms with Gasteiger partial charge in [-0.25, -0.2) is 0 Å². The summed E-state index contributed by atoms with van der Waals surface area (Å²) in [5.41, 5.74) is 0.835. The molecule has 20 heavy (non-hydrogen) atoms. The second kappa shape index (κ2) is 4.03. The van der Waals surface area contributed by atoms with Crippen LogP contribution in [0.25, 0.3) is 0 Å². The quantitative estimate of drug-likeness (QED) is 0.768. The Labute approximate surface area is 125 Å². The van der Waals surface area contributed by atoms with Crippen LogP contribution in [0.2, 0.25) is 0 Å². The van der Waals surface area contributed by atoms with Crippen LogP contribution >= 0.6 is 0 Å². The SMILES string of the molecule is CC(C)C12CC3(O)CC(C(C)C)(C1)CC(C(C)C)(C3)C2. The number of hydrogen-bond acceptors (Lipinski definition) is 1. The molecule has 0 aromatic heterocycles.